The predicted molar refractivity (Wildman–Crippen MR) is 103 cm³/mol. The summed E-state index contributed by atoms with van der Waals surface area (Å²) >= 11 is 3.40. The first kappa shape index (κ1) is 16.8. The van der Waals surface area contributed by atoms with E-state index in [4.69, 9.17) is 9.47 Å². The van der Waals surface area contributed by atoms with Gasteiger partial charge in [-0.2, -0.15) is 9.78 Å². The van der Waals surface area contributed by atoms with Crippen LogP contribution in [0.3, 0.4) is 0 Å². The molecule has 2 aromatic carbocycles. The molecule has 1 aliphatic rings. The van der Waals surface area contributed by atoms with E-state index in [2.05, 4.69) is 26.0 Å². The molecule has 0 radical (unpaired) electrons. The molecule has 0 unspecified atom stereocenters. The Kier molecular flexibility index (Phi) is 4.24. The first-order valence-corrected chi connectivity index (χ1v) is 9.02. The van der Waals surface area contributed by atoms with Gasteiger partial charge in [0.2, 0.25) is 6.79 Å². The van der Waals surface area contributed by atoms with Crippen molar-refractivity contribution in [1.29, 1.82) is 0 Å². The molecule has 0 fully saturated rings. The maximum atomic E-state index is 12.9. The van der Waals surface area contributed by atoms with Gasteiger partial charge in [-0.3, -0.25) is 4.79 Å². The molecule has 0 aliphatic carbocycles. The molecule has 0 bridgehead atoms. The highest BCUT2D eigenvalue weighted by Gasteiger charge is 2.15. The maximum absolute atomic E-state index is 12.9. The molecule has 0 atom stereocenters. The van der Waals surface area contributed by atoms with Crippen LogP contribution in [-0.2, 0) is 6.42 Å². The molecule has 4 rings (SSSR count). The van der Waals surface area contributed by atoms with Crippen LogP contribution in [0.1, 0.15) is 23.9 Å². The van der Waals surface area contributed by atoms with Gasteiger partial charge in [0.15, 0.2) is 11.5 Å². The first-order valence-electron chi connectivity index (χ1n) is 8.22. The monoisotopic (exact) mass is 413 g/mol. The Morgan fingerprint density at radius 3 is 2.81 bits per heavy atom. The highest BCUT2D eigenvalue weighted by molar-refractivity contribution is 9.10. The van der Waals surface area contributed by atoms with Crippen LogP contribution in [0, 0.1) is 6.92 Å². The van der Waals surface area contributed by atoms with Crippen molar-refractivity contribution >= 4 is 33.0 Å². The van der Waals surface area contributed by atoms with E-state index in [1.54, 1.807) is 12.3 Å². The Morgan fingerprint density at radius 2 is 2.04 bits per heavy atom. The smallest absolute Gasteiger partial charge is 0.282 e. The van der Waals surface area contributed by atoms with Crippen LogP contribution < -0.4 is 15.0 Å². The van der Waals surface area contributed by atoms with Gasteiger partial charge in [0.25, 0.3) is 5.56 Å². The molecule has 1 aliphatic heterocycles. The summed E-state index contributed by atoms with van der Waals surface area (Å²) in [5.74, 6) is 2.02. The number of fused-ring (bicyclic) bond motifs is 2. The quantitative estimate of drug-likeness (QED) is 0.614. The third kappa shape index (κ3) is 2.88. The van der Waals surface area contributed by atoms with Gasteiger partial charge in [-0.25, -0.2) is 4.98 Å². The van der Waals surface area contributed by atoms with Crippen molar-refractivity contribution in [2.45, 2.75) is 20.3 Å². The lowest BCUT2D eigenvalue weighted by molar-refractivity contribution is 0.174. The minimum atomic E-state index is -0.192. The molecule has 132 valence electrons. The normalized spacial score (nSPS) is 13.0. The van der Waals surface area contributed by atoms with E-state index in [1.807, 2.05) is 38.1 Å². The lowest BCUT2D eigenvalue weighted by atomic mass is 10.1. The summed E-state index contributed by atoms with van der Waals surface area (Å²) in [6.07, 6.45) is 2.25. The van der Waals surface area contributed by atoms with Crippen molar-refractivity contribution in [1.82, 2.24) is 9.66 Å². The lowest BCUT2D eigenvalue weighted by Gasteiger charge is -2.08. The Hall–Kier alpha value is -2.67. The van der Waals surface area contributed by atoms with E-state index in [1.165, 1.54) is 4.68 Å². The van der Waals surface area contributed by atoms with E-state index in [9.17, 15) is 4.79 Å². The zero-order valence-corrected chi connectivity index (χ0v) is 15.9. The van der Waals surface area contributed by atoms with Gasteiger partial charge >= 0.3 is 0 Å². The zero-order chi connectivity index (χ0) is 18.3. The first-order chi connectivity index (χ1) is 12.6. The summed E-state index contributed by atoms with van der Waals surface area (Å²) in [7, 11) is 0. The second-order valence-corrected chi connectivity index (χ2v) is 6.88. The van der Waals surface area contributed by atoms with Gasteiger partial charge in [-0.15, -0.1) is 0 Å². The van der Waals surface area contributed by atoms with Crippen LogP contribution in [0.15, 0.2) is 44.7 Å². The van der Waals surface area contributed by atoms with Crippen molar-refractivity contribution in [2.75, 3.05) is 6.79 Å². The van der Waals surface area contributed by atoms with Gasteiger partial charge in [-0.05, 0) is 42.8 Å². The number of aryl methyl sites for hydroxylation is 2. The average Bonchev–Trinajstić information content (AvgIpc) is 3.08. The molecule has 0 amide bonds. The standard InChI is InChI=1S/C19H16BrN3O3/c1-3-18-22-15-5-4-13(20)8-14(15)19(24)23(18)21-9-12-7-17-16(6-11(12)2)25-10-26-17/h4-9H,3,10H2,1-2H3. The number of hydrogen-bond acceptors (Lipinski definition) is 5. The van der Waals surface area contributed by atoms with Crippen LogP contribution in [0.5, 0.6) is 11.5 Å². The van der Waals surface area contributed by atoms with Crippen LogP contribution in [0.4, 0.5) is 0 Å². The van der Waals surface area contributed by atoms with Crippen LogP contribution >= 0.6 is 15.9 Å². The van der Waals surface area contributed by atoms with Crippen molar-refractivity contribution < 1.29 is 9.47 Å². The minimum Gasteiger partial charge on any atom is -0.454 e. The number of benzene rings is 2. The minimum absolute atomic E-state index is 0.192. The van der Waals surface area contributed by atoms with Gasteiger partial charge < -0.3 is 9.47 Å². The predicted octanol–water partition coefficient (Wildman–Crippen LogP) is 3.64. The summed E-state index contributed by atoms with van der Waals surface area (Å²) in [6.45, 7) is 4.13. The number of nitrogens with zero attached hydrogens (tertiary/aromatic N) is 3. The van der Waals surface area contributed by atoms with E-state index >= 15 is 0 Å². The SMILES string of the molecule is CCc1nc2ccc(Br)cc2c(=O)n1N=Cc1cc2c(cc1C)OCO2. The molecular formula is C19H16BrN3O3. The molecule has 0 spiro atoms. The topological polar surface area (TPSA) is 65.7 Å². The highest BCUT2D eigenvalue weighted by Crippen LogP contribution is 2.34. The van der Waals surface area contributed by atoms with Crippen molar-refractivity contribution in [3.05, 3.63) is 62.1 Å². The van der Waals surface area contributed by atoms with Gasteiger partial charge in [0.05, 0.1) is 17.1 Å². The second-order valence-electron chi connectivity index (χ2n) is 5.97. The third-order valence-electron chi connectivity index (χ3n) is 4.27. The highest BCUT2D eigenvalue weighted by atomic mass is 79.9. The van der Waals surface area contributed by atoms with Crippen molar-refractivity contribution in [3.63, 3.8) is 0 Å². The number of rotatable bonds is 3. The molecule has 6 nitrogen and oxygen atoms in total. The van der Waals surface area contributed by atoms with Crippen LogP contribution in [-0.4, -0.2) is 22.7 Å². The van der Waals surface area contributed by atoms with Gasteiger partial charge in [0, 0.05) is 16.5 Å². The Bertz CT molecular complexity index is 1110. The number of ether oxygens (including phenoxy) is 2. The fraction of sp³-hybridized carbons (Fsp3) is 0.211. The van der Waals surface area contributed by atoms with E-state index < -0.39 is 0 Å². The number of halogens is 1. The molecule has 2 heterocycles. The second kappa shape index (κ2) is 6.57. The van der Waals surface area contributed by atoms with Crippen molar-refractivity contribution in [3.8, 4) is 11.5 Å². The Labute approximate surface area is 158 Å². The van der Waals surface area contributed by atoms with Crippen LogP contribution in [0.2, 0.25) is 0 Å². The molecular weight excluding hydrogens is 398 g/mol. The number of aromatic nitrogens is 2. The molecule has 1 aromatic heterocycles. The lowest BCUT2D eigenvalue weighted by Crippen LogP contribution is -2.22. The van der Waals surface area contributed by atoms with Crippen molar-refractivity contribution in [2.24, 2.45) is 5.10 Å². The maximum Gasteiger partial charge on any atom is 0.282 e. The largest absolute Gasteiger partial charge is 0.454 e. The zero-order valence-electron chi connectivity index (χ0n) is 14.3. The summed E-state index contributed by atoms with van der Waals surface area (Å²) in [5, 5.41) is 4.94. The fourth-order valence-corrected chi connectivity index (χ4v) is 3.22. The molecule has 0 saturated carbocycles. The van der Waals surface area contributed by atoms with E-state index in [0.29, 0.717) is 28.9 Å². The van der Waals surface area contributed by atoms with E-state index in [-0.39, 0.29) is 12.4 Å². The third-order valence-corrected chi connectivity index (χ3v) is 4.76. The Balaban J connectivity index is 1.83. The summed E-state index contributed by atoms with van der Waals surface area (Å²) in [5.41, 5.74) is 2.32. The van der Waals surface area contributed by atoms with Crippen LogP contribution in [0.25, 0.3) is 10.9 Å². The average molecular weight is 414 g/mol. The molecule has 7 heteroatoms. The molecule has 26 heavy (non-hydrogen) atoms. The van der Waals surface area contributed by atoms with E-state index in [0.717, 1.165) is 21.3 Å². The summed E-state index contributed by atoms with van der Waals surface area (Å²) < 4.78 is 13.0. The van der Waals surface area contributed by atoms with Gasteiger partial charge in [-0.1, -0.05) is 22.9 Å². The van der Waals surface area contributed by atoms with Gasteiger partial charge in [0.1, 0.15) is 5.82 Å². The number of hydrogen-bond donors (Lipinski definition) is 0. The molecule has 3 aromatic rings. The Morgan fingerprint density at radius 1 is 1.27 bits per heavy atom. The summed E-state index contributed by atoms with van der Waals surface area (Å²) in [4.78, 5) is 17.5. The summed E-state index contributed by atoms with van der Waals surface area (Å²) in [6, 6.07) is 9.24. The molecule has 0 N–H and O–H groups in total. The molecule has 0 saturated heterocycles. The fourth-order valence-electron chi connectivity index (χ4n) is 2.86.